The van der Waals surface area contributed by atoms with Gasteiger partial charge >= 0.3 is 12.3 Å². The standard InChI is InChI=1S/C24H29F3N4O4/c1-14-20(17(32)13-34-19-8-6-7-18(30-19)24(25,26)27)21(29-15(2)28-14)16-9-11-31(12-10-16)22(33)35-23(3,4)5/h6-8,16H,9-13H2,1-5H3. The molecule has 0 spiro atoms. The Morgan fingerprint density at radius 2 is 1.71 bits per heavy atom. The van der Waals surface area contributed by atoms with E-state index in [1.807, 2.05) is 0 Å². The largest absolute Gasteiger partial charge is 0.469 e. The van der Waals surface area contributed by atoms with Crippen LogP contribution in [-0.4, -0.2) is 57.0 Å². The molecule has 0 aliphatic carbocycles. The zero-order valence-corrected chi connectivity index (χ0v) is 20.4. The van der Waals surface area contributed by atoms with Crippen molar-refractivity contribution < 1.29 is 32.2 Å². The van der Waals surface area contributed by atoms with E-state index < -0.39 is 29.9 Å². The highest BCUT2D eigenvalue weighted by atomic mass is 19.4. The van der Waals surface area contributed by atoms with Gasteiger partial charge in [0.25, 0.3) is 0 Å². The molecular weight excluding hydrogens is 465 g/mol. The Morgan fingerprint density at radius 1 is 1.06 bits per heavy atom. The number of ketones is 1. The van der Waals surface area contributed by atoms with Crippen LogP contribution in [-0.2, 0) is 10.9 Å². The number of Topliss-reactive ketones (excluding diaryl/α,β-unsaturated/α-hetero) is 1. The van der Waals surface area contributed by atoms with Gasteiger partial charge in [-0.15, -0.1) is 0 Å². The number of nitrogens with zero attached hydrogens (tertiary/aromatic N) is 4. The zero-order chi connectivity index (χ0) is 26.0. The Labute approximate surface area is 201 Å². The lowest BCUT2D eigenvalue weighted by atomic mass is 9.89. The molecule has 3 heterocycles. The fourth-order valence-corrected chi connectivity index (χ4v) is 3.91. The van der Waals surface area contributed by atoms with Crippen molar-refractivity contribution in [2.45, 2.75) is 65.2 Å². The number of hydrogen-bond acceptors (Lipinski definition) is 7. The predicted molar refractivity (Wildman–Crippen MR) is 120 cm³/mol. The van der Waals surface area contributed by atoms with Crippen LogP contribution in [0.25, 0.3) is 0 Å². The number of halogens is 3. The number of alkyl halides is 3. The first-order chi connectivity index (χ1) is 16.2. The molecule has 0 aromatic carbocycles. The lowest BCUT2D eigenvalue weighted by Crippen LogP contribution is -2.41. The van der Waals surface area contributed by atoms with Crippen LogP contribution >= 0.6 is 0 Å². The fraction of sp³-hybridized carbons (Fsp3) is 0.542. The average Bonchev–Trinajstić information content (AvgIpc) is 2.75. The summed E-state index contributed by atoms with van der Waals surface area (Å²) in [6.07, 6.45) is -3.85. The summed E-state index contributed by atoms with van der Waals surface area (Å²) in [6, 6.07) is 3.25. The van der Waals surface area contributed by atoms with Gasteiger partial charge in [0, 0.05) is 25.1 Å². The van der Waals surface area contributed by atoms with Crippen molar-refractivity contribution in [3.05, 3.63) is 46.7 Å². The summed E-state index contributed by atoms with van der Waals surface area (Å²) in [5.74, 6) is -0.346. The summed E-state index contributed by atoms with van der Waals surface area (Å²) in [4.78, 5) is 39.3. The third-order valence-corrected chi connectivity index (χ3v) is 5.41. The van der Waals surface area contributed by atoms with Gasteiger partial charge < -0.3 is 14.4 Å². The highest BCUT2D eigenvalue weighted by molar-refractivity contribution is 5.99. The molecule has 190 valence electrons. The van der Waals surface area contributed by atoms with E-state index in [1.54, 1.807) is 39.5 Å². The zero-order valence-electron chi connectivity index (χ0n) is 20.4. The molecular formula is C24H29F3N4O4. The van der Waals surface area contributed by atoms with Crippen LogP contribution in [0.15, 0.2) is 18.2 Å². The summed E-state index contributed by atoms with van der Waals surface area (Å²) >= 11 is 0. The number of aryl methyl sites for hydroxylation is 2. The number of piperidine rings is 1. The van der Waals surface area contributed by atoms with Gasteiger partial charge in [-0.25, -0.2) is 19.7 Å². The predicted octanol–water partition coefficient (Wildman–Crippen LogP) is 4.88. The Hall–Kier alpha value is -3.24. The topological polar surface area (TPSA) is 94.5 Å². The lowest BCUT2D eigenvalue weighted by Gasteiger charge is -2.33. The summed E-state index contributed by atoms with van der Waals surface area (Å²) in [7, 11) is 0. The van der Waals surface area contributed by atoms with Gasteiger partial charge in [0.1, 0.15) is 17.1 Å². The molecule has 0 N–H and O–H groups in total. The number of hydrogen-bond donors (Lipinski definition) is 0. The van der Waals surface area contributed by atoms with E-state index in [1.165, 1.54) is 12.1 Å². The number of carbonyl (C=O) groups is 2. The van der Waals surface area contributed by atoms with Gasteiger partial charge in [0.15, 0.2) is 6.61 Å². The van der Waals surface area contributed by atoms with Crippen molar-refractivity contribution in [2.75, 3.05) is 19.7 Å². The summed E-state index contributed by atoms with van der Waals surface area (Å²) < 4.78 is 49.4. The SMILES string of the molecule is Cc1nc(C)c(C(=O)COc2cccc(C(F)(F)F)n2)c(C2CCN(C(=O)OC(C)(C)C)CC2)n1. The first kappa shape index (κ1) is 26.4. The number of aromatic nitrogens is 3. The number of carbonyl (C=O) groups excluding carboxylic acids is 2. The molecule has 2 aromatic rings. The molecule has 1 aliphatic heterocycles. The fourth-order valence-electron chi connectivity index (χ4n) is 3.91. The van der Waals surface area contributed by atoms with Crippen molar-refractivity contribution in [2.24, 2.45) is 0 Å². The van der Waals surface area contributed by atoms with Gasteiger partial charge in [0.05, 0.1) is 17.0 Å². The molecule has 0 saturated carbocycles. The van der Waals surface area contributed by atoms with Crippen molar-refractivity contribution in [1.29, 1.82) is 0 Å². The molecule has 8 nitrogen and oxygen atoms in total. The van der Waals surface area contributed by atoms with Crippen molar-refractivity contribution in [3.63, 3.8) is 0 Å². The molecule has 1 amide bonds. The van der Waals surface area contributed by atoms with Crippen molar-refractivity contribution in [3.8, 4) is 5.88 Å². The van der Waals surface area contributed by atoms with Crippen molar-refractivity contribution in [1.82, 2.24) is 19.9 Å². The van der Waals surface area contributed by atoms with Crippen LogP contribution in [0.3, 0.4) is 0 Å². The van der Waals surface area contributed by atoms with E-state index in [-0.39, 0.29) is 17.9 Å². The molecule has 1 saturated heterocycles. The van der Waals surface area contributed by atoms with Crippen LogP contribution in [0.4, 0.5) is 18.0 Å². The van der Waals surface area contributed by atoms with Gasteiger partial charge in [-0.3, -0.25) is 4.79 Å². The maximum absolute atomic E-state index is 13.1. The van der Waals surface area contributed by atoms with E-state index in [9.17, 15) is 22.8 Å². The molecule has 0 radical (unpaired) electrons. The van der Waals surface area contributed by atoms with Gasteiger partial charge in [-0.05, 0) is 53.5 Å². The van der Waals surface area contributed by atoms with Gasteiger partial charge in [0.2, 0.25) is 11.7 Å². The smallest absolute Gasteiger partial charge is 0.433 e. The minimum atomic E-state index is -4.62. The molecule has 2 aromatic heterocycles. The number of amides is 1. The summed E-state index contributed by atoms with van der Waals surface area (Å²) in [6.45, 7) is 9.20. The monoisotopic (exact) mass is 494 g/mol. The Balaban J connectivity index is 1.74. The van der Waals surface area contributed by atoms with E-state index in [2.05, 4.69) is 15.0 Å². The minimum Gasteiger partial charge on any atom is -0.469 e. The quantitative estimate of drug-likeness (QED) is 0.547. The molecule has 11 heteroatoms. The van der Waals surface area contributed by atoms with E-state index in [0.29, 0.717) is 48.7 Å². The van der Waals surface area contributed by atoms with Crippen LogP contribution < -0.4 is 4.74 Å². The Bertz CT molecular complexity index is 1090. The first-order valence-corrected chi connectivity index (χ1v) is 11.3. The number of pyridine rings is 1. The molecule has 1 aliphatic rings. The second-order valence-electron chi connectivity index (χ2n) is 9.43. The molecule has 35 heavy (non-hydrogen) atoms. The molecule has 3 rings (SSSR count). The minimum absolute atomic E-state index is 0.0975. The number of likely N-dealkylation sites (tertiary alicyclic amines) is 1. The summed E-state index contributed by atoms with van der Waals surface area (Å²) in [5.41, 5.74) is -0.381. The van der Waals surface area contributed by atoms with E-state index in [4.69, 9.17) is 9.47 Å². The third kappa shape index (κ3) is 6.89. The molecule has 0 bridgehead atoms. The molecule has 1 fully saturated rings. The van der Waals surface area contributed by atoms with Crippen LogP contribution in [0.5, 0.6) is 5.88 Å². The normalized spacial score (nSPS) is 15.1. The van der Waals surface area contributed by atoms with E-state index >= 15 is 0 Å². The van der Waals surface area contributed by atoms with E-state index in [0.717, 1.165) is 6.07 Å². The summed E-state index contributed by atoms with van der Waals surface area (Å²) in [5, 5.41) is 0. The second-order valence-corrected chi connectivity index (χ2v) is 9.43. The van der Waals surface area contributed by atoms with Gasteiger partial charge in [-0.2, -0.15) is 13.2 Å². The maximum atomic E-state index is 13.1. The lowest BCUT2D eigenvalue weighted by molar-refractivity contribution is -0.141. The van der Waals surface area contributed by atoms with Crippen LogP contribution in [0.2, 0.25) is 0 Å². The molecule has 0 unspecified atom stereocenters. The third-order valence-electron chi connectivity index (χ3n) is 5.41. The first-order valence-electron chi connectivity index (χ1n) is 11.3. The van der Waals surface area contributed by atoms with Crippen LogP contribution in [0.1, 0.15) is 72.8 Å². The highest BCUT2D eigenvalue weighted by Crippen LogP contribution is 2.32. The maximum Gasteiger partial charge on any atom is 0.433 e. The van der Waals surface area contributed by atoms with Crippen molar-refractivity contribution >= 4 is 11.9 Å². The van der Waals surface area contributed by atoms with Crippen LogP contribution in [0, 0.1) is 13.8 Å². The Morgan fingerprint density at radius 3 is 2.31 bits per heavy atom. The Kier molecular flexibility index (Phi) is 7.66. The number of rotatable bonds is 5. The van der Waals surface area contributed by atoms with Gasteiger partial charge in [-0.1, -0.05) is 6.07 Å². The highest BCUT2D eigenvalue weighted by Gasteiger charge is 2.33. The average molecular weight is 495 g/mol. The number of ether oxygens (including phenoxy) is 2. The molecule has 0 atom stereocenters. The second kappa shape index (κ2) is 10.2.